The van der Waals surface area contributed by atoms with Gasteiger partial charge in [-0.05, 0) is 49.6 Å². The van der Waals surface area contributed by atoms with Crippen LogP contribution in [-0.4, -0.2) is 33.3 Å². The summed E-state index contributed by atoms with van der Waals surface area (Å²) < 4.78 is 15.5. The number of aryl methyl sites for hydroxylation is 1. The summed E-state index contributed by atoms with van der Waals surface area (Å²) in [5, 5.41) is 4.78. The Morgan fingerprint density at radius 1 is 1.16 bits per heavy atom. The molecule has 3 rings (SSSR count). The van der Waals surface area contributed by atoms with Gasteiger partial charge in [0.2, 0.25) is 5.91 Å². The van der Waals surface area contributed by atoms with Gasteiger partial charge in [-0.3, -0.25) is 19.5 Å². The SMILES string of the molecule is Cc1ccc(-n2c(SC(C)C(=O)NC(=O)NCC(C)C)nc3ccccc3c2=O)cc1F. The predicted octanol–water partition coefficient (Wildman–Crippen LogP) is 3.80. The topological polar surface area (TPSA) is 93.1 Å². The number of halogens is 1. The Balaban J connectivity index is 1.96. The number of carbonyl (C=O) groups excluding carboxylic acids is 2. The maximum Gasteiger partial charge on any atom is 0.321 e. The first-order chi connectivity index (χ1) is 15.2. The first-order valence-electron chi connectivity index (χ1n) is 10.2. The number of amides is 3. The molecule has 1 heterocycles. The summed E-state index contributed by atoms with van der Waals surface area (Å²) in [6.45, 7) is 7.56. The fraction of sp³-hybridized carbons (Fsp3) is 0.304. The zero-order valence-electron chi connectivity index (χ0n) is 18.3. The van der Waals surface area contributed by atoms with Crippen molar-refractivity contribution in [2.45, 2.75) is 38.1 Å². The Bertz CT molecular complexity index is 1230. The van der Waals surface area contributed by atoms with E-state index in [1.165, 1.54) is 10.6 Å². The Kier molecular flexibility index (Phi) is 7.29. The number of fused-ring (bicyclic) bond motifs is 1. The third-order valence-electron chi connectivity index (χ3n) is 4.72. The zero-order chi connectivity index (χ0) is 23.4. The number of nitrogens with zero attached hydrogens (tertiary/aromatic N) is 2. The minimum atomic E-state index is -0.741. The number of hydrogen-bond donors (Lipinski definition) is 2. The number of thioether (sulfide) groups is 1. The lowest BCUT2D eigenvalue weighted by atomic mass is 10.2. The van der Waals surface area contributed by atoms with Gasteiger partial charge in [0.05, 0.1) is 21.8 Å². The normalized spacial score (nSPS) is 12.1. The molecule has 32 heavy (non-hydrogen) atoms. The van der Waals surface area contributed by atoms with Crippen LogP contribution in [0.2, 0.25) is 0 Å². The Hall–Kier alpha value is -3.20. The maximum absolute atomic E-state index is 14.3. The molecule has 0 saturated heterocycles. The summed E-state index contributed by atoms with van der Waals surface area (Å²) in [4.78, 5) is 42.3. The van der Waals surface area contributed by atoms with Crippen molar-refractivity contribution in [1.82, 2.24) is 20.2 Å². The van der Waals surface area contributed by atoms with Gasteiger partial charge >= 0.3 is 6.03 Å². The van der Waals surface area contributed by atoms with Crippen LogP contribution in [0.25, 0.3) is 16.6 Å². The smallest absolute Gasteiger partial charge is 0.321 e. The largest absolute Gasteiger partial charge is 0.338 e. The Morgan fingerprint density at radius 2 is 1.88 bits per heavy atom. The number of carbonyl (C=O) groups is 2. The average molecular weight is 457 g/mol. The lowest BCUT2D eigenvalue weighted by Crippen LogP contribution is -2.43. The van der Waals surface area contributed by atoms with E-state index in [2.05, 4.69) is 15.6 Å². The van der Waals surface area contributed by atoms with Crippen LogP contribution in [0.4, 0.5) is 9.18 Å². The van der Waals surface area contributed by atoms with Gasteiger partial charge < -0.3 is 5.32 Å². The van der Waals surface area contributed by atoms with E-state index in [-0.39, 0.29) is 16.6 Å². The van der Waals surface area contributed by atoms with Crippen molar-refractivity contribution in [1.29, 1.82) is 0 Å². The van der Waals surface area contributed by atoms with Crippen molar-refractivity contribution in [2.24, 2.45) is 5.92 Å². The van der Waals surface area contributed by atoms with Gasteiger partial charge in [0.1, 0.15) is 5.82 Å². The summed E-state index contributed by atoms with van der Waals surface area (Å²) >= 11 is 1.02. The molecule has 0 aliphatic carbocycles. The molecule has 1 unspecified atom stereocenters. The van der Waals surface area contributed by atoms with Crippen LogP contribution in [0.15, 0.2) is 52.4 Å². The van der Waals surface area contributed by atoms with Crippen molar-refractivity contribution in [3.8, 4) is 5.69 Å². The molecule has 0 saturated carbocycles. The second kappa shape index (κ2) is 9.95. The van der Waals surface area contributed by atoms with Crippen molar-refractivity contribution in [3.63, 3.8) is 0 Å². The molecular weight excluding hydrogens is 431 g/mol. The van der Waals surface area contributed by atoms with E-state index in [1.807, 2.05) is 13.8 Å². The van der Waals surface area contributed by atoms with Crippen molar-refractivity contribution in [2.75, 3.05) is 6.54 Å². The Morgan fingerprint density at radius 3 is 2.56 bits per heavy atom. The quantitative estimate of drug-likeness (QED) is 0.435. The van der Waals surface area contributed by atoms with Crippen LogP contribution in [0.3, 0.4) is 0 Å². The molecule has 0 spiro atoms. The molecule has 3 aromatic rings. The number of rotatable bonds is 6. The molecule has 7 nitrogen and oxygen atoms in total. The zero-order valence-corrected chi connectivity index (χ0v) is 19.1. The van der Waals surface area contributed by atoms with Crippen molar-refractivity contribution >= 4 is 34.6 Å². The number of nitrogens with one attached hydrogen (secondary N) is 2. The molecule has 0 bridgehead atoms. The highest BCUT2D eigenvalue weighted by molar-refractivity contribution is 8.00. The van der Waals surface area contributed by atoms with Crippen LogP contribution >= 0.6 is 11.8 Å². The molecule has 3 amide bonds. The second-order valence-electron chi connectivity index (χ2n) is 7.84. The molecular formula is C23H25FN4O3S. The first kappa shape index (κ1) is 23.5. The van der Waals surface area contributed by atoms with Gasteiger partial charge in [0.15, 0.2) is 5.16 Å². The third kappa shape index (κ3) is 5.34. The van der Waals surface area contributed by atoms with Crippen LogP contribution < -0.4 is 16.2 Å². The summed E-state index contributed by atoms with van der Waals surface area (Å²) in [6, 6.07) is 10.7. The number of aromatic nitrogens is 2. The molecule has 2 aromatic carbocycles. The van der Waals surface area contributed by atoms with E-state index < -0.39 is 23.0 Å². The van der Waals surface area contributed by atoms with Gasteiger partial charge in [-0.15, -0.1) is 0 Å². The van der Waals surface area contributed by atoms with Gasteiger partial charge in [-0.25, -0.2) is 14.2 Å². The fourth-order valence-corrected chi connectivity index (χ4v) is 3.83. The number of urea groups is 1. The number of para-hydroxylation sites is 1. The van der Waals surface area contributed by atoms with E-state index in [0.717, 1.165) is 11.8 Å². The second-order valence-corrected chi connectivity index (χ2v) is 9.15. The van der Waals surface area contributed by atoms with Crippen LogP contribution in [-0.2, 0) is 4.79 Å². The highest BCUT2D eigenvalue weighted by Gasteiger charge is 2.22. The van der Waals surface area contributed by atoms with Crippen molar-refractivity contribution < 1.29 is 14.0 Å². The van der Waals surface area contributed by atoms with E-state index in [9.17, 15) is 18.8 Å². The molecule has 0 aliphatic heterocycles. The van der Waals surface area contributed by atoms with E-state index in [0.29, 0.717) is 28.7 Å². The molecule has 168 valence electrons. The maximum atomic E-state index is 14.3. The highest BCUT2D eigenvalue weighted by Crippen LogP contribution is 2.26. The van der Waals surface area contributed by atoms with E-state index in [1.54, 1.807) is 50.2 Å². The number of benzene rings is 2. The number of imide groups is 1. The first-order valence-corrected chi connectivity index (χ1v) is 11.1. The van der Waals surface area contributed by atoms with Crippen LogP contribution in [0.1, 0.15) is 26.3 Å². The molecule has 9 heteroatoms. The van der Waals surface area contributed by atoms with Crippen molar-refractivity contribution in [3.05, 3.63) is 64.2 Å². The number of hydrogen-bond acceptors (Lipinski definition) is 5. The molecule has 1 aromatic heterocycles. The highest BCUT2D eigenvalue weighted by atomic mass is 32.2. The monoisotopic (exact) mass is 456 g/mol. The molecule has 0 fully saturated rings. The van der Waals surface area contributed by atoms with Gasteiger partial charge in [0.25, 0.3) is 5.56 Å². The van der Waals surface area contributed by atoms with E-state index >= 15 is 0 Å². The summed E-state index contributed by atoms with van der Waals surface area (Å²) in [5.74, 6) is -0.736. The third-order valence-corrected chi connectivity index (χ3v) is 5.77. The van der Waals surface area contributed by atoms with Crippen LogP contribution in [0.5, 0.6) is 0 Å². The summed E-state index contributed by atoms with van der Waals surface area (Å²) in [6.07, 6.45) is 0. The molecule has 0 aliphatic rings. The lowest BCUT2D eigenvalue weighted by Gasteiger charge is -2.17. The summed E-state index contributed by atoms with van der Waals surface area (Å²) in [7, 11) is 0. The van der Waals surface area contributed by atoms with Gasteiger partial charge in [-0.1, -0.05) is 43.8 Å². The van der Waals surface area contributed by atoms with Crippen LogP contribution in [0, 0.1) is 18.7 Å². The predicted molar refractivity (Wildman–Crippen MR) is 124 cm³/mol. The summed E-state index contributed by atoms with van der Waals surface area (Å²) in [5.41, 5.74) is 0.848. The molecule has 2 N–H and O–H groups in total. The standard InChI is InChI=1S/C23H25FN4O3S/c1-13(2)12-25-22(31)27-20(29)15(4)32-23-26-19-8-6-5-7-17(19)21(30)28(23)16-10-9-14(3)18(24)11-16/h5-11,13,15H,12H2,1-4H3,(H2,25,27,29,31). The van der Waals surface area contributed by atoms with Gasteiger partial charge in [0, 0.05) is 6.54 Å². The minimum Gasteiger partial charge on any atom is -0.338 e. The molecule has 1 atom stereocenters. The van der Waals surface area contributed by atoms with E-state index in [4.69, 9.17) is 0 Å². The average Bonchev–Trinajstić information content (AvgIpc) is 2.74. The molecule has 0 radical (unpaired) electrons. The fourth-order valence-electron chi connectivity index (χ4n) is 2.91. The lowest BCUT2D eigenvalue weighted by molar-refractivity contribution is -0.119. The Labute approximate surface area is 189 Å². The van der Waals surface area contributed by atoms with Gasteiger partial charge in [-0.2, -0.15) is 0 Å². The minimum absolute atomic E-state index is 0.224.